The Balaban J connectivity index is 1.60. The highest BCUT2D eigenvalue weighted by atomic mass is 19.1. The van der Waals surface area contributed by atoms with Crippen LogP contribution in [0.1, 0.15) is 55.7 Å². The van der Waals surface area contributed by atoms with Gasteiger partial charge in [-0.1, -0.05) is 49.3 Å². The van der Waals surface area contributed by atoms with E-state index in [0.717, 1.165) is 40.8 Å². The highest BCUT2D eigenvalue weighted by molar-refractivity contribution is 5.71. The van der Waals surface area contributed by atoms with Crippen molar-refractivity contribution in [1.82, 2.24) is 0 Å². The molecule has 0 saturated heterocycles. The first kappa shape index (κ1) is 29.0. The molecule has 0 spiro atoms. The Kier molecular flexibility index (Phi) is 9.33. The number of carbonyl (C=O) groups excluding carboxylic acids is 1. The molecule has 1 unspecified atom stereocenters. The molecular weight excluding hydrogens is 509 g/mol. The second kappa shape index (κ2) is 12.9. The lowest BCUT2D eigenvalue weighted by atomic mass is 9.82. The summed E-state index contributed by atoms with van der Waals surface area (Å²) in [7, 11) is 2.98. The standard InChI is InChI=1S/C32H36FN3O4/c1-32(2,20-35-36-34)18-24-14-21(8-12-27(24)29-16-25(38-3)11-13-30(29)33)19-40-26-7-5-6-23(15-26)28(22-9-10-22)17-31(37)39-4/h5-8,11-16,22,28H,9-10,17-20H2,1-4H3. The molecule has 1 fully saturated rings. The summed E-state index contributed by atoms with van der Waals surface area (Å²) in [5, 5.41) is 3.78. The number of carbonyl (C=O) groups is 1. The number of hydrogen-bond acceptors (Lipinski definition) is 5. The number of rotatable bonds is 13. The molecule has 0 aromatic heterocycles. The molecular formula is C32H36FN3O4. The second-order valence-corrected chi connectivity index (χ2v) is 11.2. The highest BCUT2D eigenvalue weighted by Crippen LogP contribution is 2.45. The van der Waals surface area contributed by atoms with Crippen LogP contribution < -0.4 is 9.47 Å². The lowest BCUT2D eigenvalue weighted by Crippen LogP contribution is -2.19. The van der Waals surface area contributed by atoms with Gasteiger partial charge in [0.05, 0.1) is 20.6 Å². The molecule has 1 aliphatic rings. The van der Waals surface area contributed by atoms with E-state index in [9.17, 15) is 9.18 Å². The Bertz CT molecular complexity index is 1400. The Labute approximate surface area is 234 Å². The van der Waals surface area contributed by atoms with Crippen LogP contribution in [0.5, 0.6) is 11.5 Å². The number of benzene rings is 3. The van der Waals surface area contributed by atoms with E-state index in [1.165, 1.54) is 13.2 Å². The number of hydrogen-bond donors (Lipinski definition) is 0. The van der Waals surface area contributed by atoms with Gasteiger partial charge in [-0.15, -0.1) is 0 Å². The van der Waals surface area contributed by atoms with Gasteiger partial charge in [0, 0.05) is 17.0 Å². The zero-order valence-electron chi connectivity index (χ0n) is 23.5. The molecule has 40 heavy (non-hydrogen) atoms. The molecule has 3 aromatic carbocycles. The van der Waals surface area contributed by atoms with Crippen LogP contribution in [-0.2, 0) is 22.6 Å². The lowest BCUT2D eigenvalue weighted by Gasteiger charge is -2.25. The summed E-state index contributed by atoms with van der Waals surface area (Å²) < 4.78 is 31.4. The zero-order valence-corrected chi connectivity index (χ0v) is 23.5. The maximum absolute atomic E-state index is 15.0. The number of azide groups is 1. The fourth-order valence-corrected chi connectivity index (χ4v) is 5.10. The monoisotopic (exact) mass is 545 g/mol. The normalized spacial score (nSPS) is 13.7. The van der Waals surface area contributed by atoms with E-state index in [2.05, 4.69) is 10.0 Å². The molecule has 0 N–H and O–H groups in total. The number of ether oxygens (including phenoxy) is 3. The van der Waals surface area contributed by atoms with Gasteiger partial charge in [-0.05, 0) is 94.6 Å². The summed E-state index contributed by atoms with van der Waals surface area (Å²) in [6.07, 6.45) is 3.16. The van der Waals surface area contributed by atoms with Crippen LogP contribution in [-0.4, -0.2) is 26.7 Å². The Morgan fingerprint density at radius 2 is 1.88 bits per heavy atom. The maximum atomic E-state index is 15.0. The molecule has 4 rings (SSSR count). The van der Waals surface area contributed by atoms with E-state index < -0.39 is 0 Å². The average Bonchev–Trinajstić information content (AvgIpc) is 3.79. The Morgan fingerprint density at radius 3 is 2.58 bits per heavy atom. The minimum Gasteiger partial charge on any atom is -0.497 e. The van der Waals surface area contributed by atoms with Crippen molar-refractivity contribution in [2.45, 2.75) is 52.1 Å². The van der Waals surface area contributed by atoms with Gasteiger partial charge < -0.3 is 14.2 Å². The molecule has 0 radical (unpaired) electrons. The minimum atomic E-state index is -0.346. The van der Waals surface area contributed by atoms with Crippen molar-refractivity contribution in [2.24, 2.45) is 16.4 Å². The van der Waals surface area contributed by atoms with Crippen molar-refractivity contribution in [2.75, 3.05) is 20.8 Å². The smallest absolute Gasteiger partial charge is 0.306 e. The first-order chi connectivity index (χ1) is 19.2. The van der Waals surface area contributed by atoms with Crippen LogP contribution in [0.3, 0.4) is 0 Å². The van der Waals surface area contributed by atoms with Crippen LogP contribution in [0.4, 0.5) is 4.39 Å². The first-order valence-corrected chi connectivity index (χ1v) is 13.5. The van der Waals surface area contributed by atoms with Crippen LogP contribution in [0.15, 0.2) is 65.8 Å². The van der Waals surface area contributed by atoms with E-state index >= 15 is 0 Å². The predicted molar refractivity (Wildman–Crippen MR) is 153 cm³/mol. The third kappa shape index (κ3) is 7.54. The average molecular weight is 546 g/mol. The quantitative estimate of drug-likeness (QED) is 0.0941. The molecule has 1 saturated carbocycles. The van der Waals surface area contributed by atoms with E-state index in [4.69, 9.17) is 19.7 Å². The highest BCUT2D eigenvalue weighted by Gasteiger charge is 2.34. The number of halogens is 1. The largest absolute Gasteiger partial charge is 0.497 e. The topological polar surface area (TPSA) is 93.5 Å². The van der Waals surface area contributed by atoms with Crippen molar-refractivity contribution < 1.29 is 23.4 Å². The summed E-state index contributed by atoms with van der Waals surface area (Å²) in [5.74, 6) is 1.37. The van der Waals surface area contributed by atoms with Gasteiger partial charge >= 0.3 is 5.97 Å². The summed E-state index contributed by atoms with van der Waals surface area (Å²) >= 11 is 0. The van der Waals surface area contributed by atoms with Crippen LogP contribution >= 0.6 is 0 Å². The molecule has 1 aliphatic carbocycles. The molecule has 3 aromatic rings. The second-order valence-electron chi connectivity index (χ2n) is 11.2. The zero-order chi connectivity index (χ0) is 28.7. The third-order valence-electron chi connectivity index (χ3n) is 7.36. The number of nitrogens with zero attached hydrogens (tertiary/aromatic N) is 3. The Hall–Kier alpha value is -4.03. The van der Waals surface area contributed by atoms with Crippen molar-refractivity contribution in [3.8, 4) is 22.6 Å². The molecule has 8 heteroatoms. The van der Waals surface area contributed by atoms with Crippen molar-refractivity contribution in [1.29, 1.82) is 0 Å². The molecule has 0 amide bonds. The predicted octanol–water partition coefficient (Wildman–Crippen LogP) is 8.02. The van der Waals surface area contributed by atoms with Crippen LogP contribution in [0.2, 0.25) is 0 Å². The van der Waals surface area contributed by atoms with Gasteiger partial charge in [0.1, 0.15) is 23.9 Å². The molecule has 210 valence electrons. The van der Waals surface area contributed by atoms with Crippen molar-refractivity contribution in [3.63, 3.8) is 0 Å². The van der Waals surface area contributed by atoms with Crippen molar-refractivity contribution in [3.05, 3.63) is 93.6 Å². The summed E-state index contributed by atoms with van der Waals surface area (Å²) in [6.45, 7) is 4.67. The molecule has 0 aliphatic heterocycles. The maximum Gasteiger partial charge on any atom is 0.306 e. The summed E-state index contributed by atoms with van der Waals surface area (Å²) in [5.41, 5.74) is 12.6. The third-order valence-corrected chi connectivity index (χ3v) is 7.36. The molecule has 0 heterocycles. The molecule has 7 nitrogen and oxygen atoms in total. The van der Waals surface area contributed by atoms with Gasteiger partial charge in [-0.3, -0.25) is 4.79 Å². The first-order valence-electron chi connectivity index (χ1n) is 13.5. The number of esters is 1. The summed E-state index contributed by atoms with van der Waals surface area (Å²) in [6, 6.07) is 18.5. The van der Waals surface area contributed by atoms with E-state index in [1.54, 1.807) is 19.2 Å². The van der Waals surface area contributed by atoms with E-state index in [-0.39, 0.29) is 23.1 Å². The fourth-order valence-electron chi connectivity index (χ4n) is 5.10. The number of methoxy groups -OCH3 is 2. The van der Waals surface area contributed by atoms with Crippen LogP contribution in [0, 0.1) is 17.2 Å². The molecule has 1 atom stereocenters. The van der Waals surface area contributed by atoms with Gasteiger partial charge in [0.25, 0.3) is 0 Å². The van der Waals surface area contributed by atoms with E-state index in [0.29, 0.717) is 43.2 Å². The van der Waals surface area contributed by atoms with Gasteiger partial charge in [-0.25, -0.2) is 4.39 Å². The SMILES string of the molecule is COC(=O)CC(c1cccc(OCc2ccc(-c3cc(OC)ccc3F)c(CC(C)(C)CN=[N+]=[N-])c2)c1)C1CC1. The van der Waals surface area contributed by atoms with Crippen molar-refractivity contribution >= 4 is 5.97 Å². The van der Waals surface area contributed by atoms with Gasteiger partial charge in [-0.2, -0.15) is 0 Å². The van der Waals surface area contributed by atoms with Gasteiger partial charge in [0.15, 0.2) is 0 Å². The van der Waals surface area contributed by atoms with Crippen LogP contribution in [0.25, 0.3) is 21.6 Å². The minimum absolute atomic E-state index is 0.123. The summed E-state index contributed by atoms with van der Waals surface area (Å²) in [4.78, 5) is 14.9. The lowest BCUT2D eigenvalue weighted by molar-refractivity contribution is -0.141. The Morgan fingerprint density at radius 1 is 1.07 bits per heavy atom. The van der Waals surface area contributed by atoms with Gasteiger partial charge in [0.2, 0.25) is 0 Å². The molecule has 0 bridgehead atoms. The van der Waals surface area contributed by atoms with E-state index in [1.807, 2.05) is 56.3 Å². The fraction of sp³-hybridized carbons (Fsp3) is 0.406.